The largest absolute Gasteiger partial charge is 0.480 e. The van der Waals surface area contributed by atoms with E-state index in [0.29, 0.717) is 5.56 Å². The van der Waals surface area contributed by atoms with Crippen molar-refractivity contribution in [2.45, 2.75) is 13.0 Å². The summed E-state index contributed by atoms with van der Waals surface area (Å²) in [5.74, 6) is -1.59. The van der Waals surface area contributed by atoms with Crippen LogP contribution in [-0.4, -0.2) is 23.5 Å². The SMILES string of the molecule is Cc1ccc(C(N)C(=O)NCC(=O)O)cc1. The van der Waals surface area contributed by atoms with Crippen molar-refractivity contribution in [1.29, 1.82) is 0 Å². The van der Waals surface area contributed by atoms with Crippen molar-refractivity contribution < 1.29 is 14.7 Å². The molecule has 0 bridgehead atoms. The fourth-order valence-electron chi connectivity index (χ4n) is 1.20. The molecule has 0 fully saturated rings. The Labute approximate surface area is 93.3 Å². The first-order chi connectivity index (χ1) is 7.50. The van der Waals surface area contributed by atoms with E-state index in [-0.39, 0.29) is 0 Å². The highest BCUT2D eigenvalue weighted by Gasteiger charge is 2.15. The minimum atomic E-state index is -1.09. The van der Waals surface area contributed by atoms with Gasteiger partial charge in [0.1, 0.15) is 12.6 Å². The molecule has 0 aliphatic carbocycles. The monoisotopic (exact) mass is 222 g/mol. The van der Waals surface area contributed by atoms with Gasteiger partial charge in [0.05, 0.1) is 0 Å². The predicted octanol–water partition coefficient (Wildman–Crippen LogP) is 0.196. The number of nitrogens with one attached hydrogen (secondary N) is 1. The average Bonchev–Trinajstić information content (AvgIpc) is 2.26. The summed E-state index contributed by atoms with van der Waals surface area (Å²) in [4.78, 5) is 21.7. The predicted molar refractivity (Wildman–Crippen MR) is 58.8 cm³/mol. The summed E-state index contributed by atoms with van der Waals surface area (Å²) in [7, 11) is 0. The molecule has 0 saturated carbocycles. The maximum absolute atomic E-state index is 11.4. The number of carboxylic acids is 1. The number of benzene rings is 1. The van der Waals surface area contributed by atoms with Gasteiger partial charge in [-0.1, -0.05) is 29.8 Å². The number of carboxylic acid groups (broad SMARTS) is 1. The fraction of sp³-hybridized carbons (Fsp3) is 0.273. The third kappa shape index (κ3) is 3.36. The van der Waals surface area contributed by atoms with Gasteiger partial charge in [0.2, 0.25) is 5.91 Å². The van der Waals surface area contributed by atoms with E-state index in [2.05, 4.69) is 5.32 Å². The molecule has 0 radical (unpaired) electrons. The van der Waals surface area contributed by atoms with Crippen molar-refractivity contribution in [3.63, 3.8) is 0 Å². The van der Waals surface area contributed by atoms with Crippen LogP contribution in [0, 0.1) is 6.92 Å². The van der Waals surface area contributed by atoms with Crippen LogP contribution in [-0.2, 0) is 9.59 Å². The molecule has 0 heterocycles. The fourth-order valence-corrected chi connectivity index (χ4v) is 1.20. The van der Waals surface area contributed by atoms with Crippen molar-refractivity contribution in [1.82, 2.24) is 5.32 Å². The molecule has 1 amide bonds. The van der Waals surface area contributed by atoms with Crippen LogP contribution >= 0.6 is 0 Å². The lowest BCUT2D eigenvalue weighted by atomic mass is 10.1. The molecular weight excluding hydrogens is 208 g/mol. The molecule has 0 aliphatic rings. The summed E-state index contributed by atoms with van der Waals surface area (Å²) in [5.41, 5.74) is 7.40. The molecule has 1 atom stereocenters. The molecule has 1 aromatic rings. The Bertz CT molecular complexity index is 387. The van der Waals surface area contributed by atoms with Gasteiger partial charge in [-0.15, -0.1) is 0 Å². The molecule has 16 heavy (non-hydrogen) atoms. The average molecular weight is 222 g/mol. The summed E-state index contributed by atoms with van der Waals surface area (Å²) >= 11 is 0. The van der Waals surface area contributed by atoms with Gasteiger partial charge in [-0.05, 0) is 12.5 Å². The van der Waals surface area contributed by atoms with Crippen LogP contribution in [0.4, 0.5) is 0 Å². The van der Waals surface area contributed by atoms with Gasteiger partial charge in [-0.25, -0.2) is 0 Å². The van der Waals surface area contributed by atoms with Crippen LogP contribution in [0.3, 0.4) is 0 Å². The minimum Gasteiger partial charge on any atom is -0.480 e. The highest BCUT2D eigenvalue weighted by molar-refractivity contribution is 5.86. The summed E-state index contributed by atoms with van der Waals surface area (Å²) in [6.07, 6.45) is 0. The van der Waals surface area contributed by atoms with Gasteiger partial charge in [0, 0.05) is 0 Å². The molecule has 1 aromatic carbocycles. The molecular formula is C11H14N2O3. The normalized spacial score (nSPS) is 11.9. The summed E-state index contributed by atoms with van der Waals surface area (Å²) in [6.45, 7) is 1.51. The second-order valence-corrected chi connectivity index (χ2v) is 3.50. The van der Waals surface area contributed by atoms with Crippen LogP contribution in [0.15, 0.2) is 24.3 Å². The molecule has 0 spiro atoms. The minimum absolute atomic E-state index is 0.418. The molecule has 1 rings (SSSR count). The summed E-state index contributed by atoms with van der Waals surface area (Å²) in [5, 5.41) is 10.6. The van der Waals surface area contributed by atoms with Crippen LogP contribution in [0.2, 0.25) is 0 Å². The third-order valence-corrected chi connectivity index (χ3v) is 2.13. The second-order valence-electron chi connectivity index (χ2n) is 3.50. The van der Waals surface area contributed by atoms with E-state index >= 15 is 0 Å². The number of hydrogen-bond acceptors (Lipinski definition) is 3. The molecule has 0 aliphatic heterocycles. The van der Waals surface area contributed by atoms with Crippen molar-refractivity contribution in [3.8, 4) is 0 Å². The number of aryl methyl sites for hydroxylation is 1. The lowest BCUT2D eigenvalue weighted by Crippen LogP contribution is -2.37. The number of carbonyl (C=O) groups excluding carboxylic acids is 1. The Balaban J connectivity index is 2.63. The number of amides is 1. The van der Waals surface area contributed by atoms with Crippen molar-refractivity contribution in [2.75, 3.05) is 6.54 Å². The van der Waals surface area contributed by atoms with E-state index in [1.807, 2.05) is 19.1 Å². The van der Waals surface area contributed by atoms with Gasteiger partial charge in [0.15, 0.2) is 0 Å². The molecule has 0 aromatic heterocycles. The quantitative estimate of drug-likeness (QED) is 0.678. The molecule has 1 unspecified atom stereocenters. The highest BCUT2D eigenvalue weighted by atomic mass is 16.4. The van der Waals surface area contributed by atoms with E-state index in [0.717, 1.165) is 5.56 Å². The topological polar surface area (TPSA) is 92.4 Å². The Morgan fingerprint density at radius 2 is 1.94 bits per heavy atom. The van der Waals surface area contributed by atoms with Crippen LogP contribution < -0.4 is 11.1 Å². The van der Waals surface area contributed by atoms with Crippen molar-refractivity contribution in [3.05, 3.63) is 35.4 Å². The summed E-state index contributed by atoms with van der Waals surface area (Å²) < 4.78 is 0. The first kappa shape index (κ1) is 12.2. The van der Waals surface area contributed by atoms with Gasteiger partial charge in [-0.3, -0.25) is 9.59 Å². The van der Waals surface area contributed by atoms with Crippen LogP contribution in [0.25, 0.3) is 0 Å². The molecule has 86 valence electrons. The molecule has 5 heteroatoms. The number of carbonyl (C=O) groups is 2. The first-order valence-electron chi connectivity index (χ1n) is 4.82. The Kier molecular flexibility index (Phi) is 4.02. The van der Waals surface area contributed by atoms with Gasteiger partial charge >= 0.3 is 5.97 Å². The molecule has 4 N–H and O–H groups in total. The van der Waals surface area contributed by atoms with Gasteiger partial charge < -0.3 is 16.2 Å². The van der Waals surface area contributed by atoms with E-state index in [9.17, 15) is 9.59 Å². The number of hydrogen-bond donors (Lipinski definition) is 3. The highest BCUT2D eigenvalue weighted by Crippen LogP contribution is 2.11. The number of nitrogens with two attached hydrogens (primary N) is 1. The molecule has 5 nitrogen and oxygen atoms in total. The van der Waals surface area contributed by atoms with Crippen molar-refractivity contribution in [2.24, 2.45) is 5.73 Å². The summed E-state index contributed by atoms with van der Waals surface area (Å²) in [6, 6.07) is 6.36. The van der Waals surface area contributed by atoms with Crippen LogP contribution in [0.5, 0.6) is 0 Å². The maximum atomic E-state index is 11.4. The van der Waals surface area contributed by atoms with Gasteiger partial charge in [0.25, 0.3) is 0 Å². The lowest BCUT2D eigenvalue weighted by Gasteiger charge is -2.11. The molecule has 0 saturated heterocycles. The maximum Gasteiger partial charge on any atom is 0.322 e. The van der Waals surface area contributed by atoms with Gasteiger partial charge in [-0.2, -0.15) is 0 Å². The Morgan fingerprint density at radius 3 is 2.44 bits per heavy atom. The smallest absolute Gasteiger partial charge is 0.322 e. The lowest BCUT2D eigenvalue weighted by molar-refractivity contribution is -0.138. The second kappa shape index (κ2) is 5.27. The van der Waals surface area contributed by atoms with Crippen LogP contribution in [0.1, 0.15) is 17.2 Å². The first-order valence-corrected chi connectivity index (χ1v) is 4.82. The zero-order valence-electron chi connectivity index (χ0n) is 8.93. The standard InChI is InChI=1S/C11H14N2O3/c1-7-2-4-8(5-3-7)10(12)11(16)13-6-9(14)15/h2-5,10H,6,12H2,1H3,(H,13,16)(H,14,15). The number of rotatable bonds is 4. The zero-order valence-corrected chi connectivity index (χ0v) is 8.93. The zero-order chi connectivity index (χ0) is 12.1. The third-order valence-electron chi connectivity index (χ3n) is 2.13. The Hall–Kier alpha value is -1.88. The van der Waals surface area contributed by atoms with E-state index in [4.69, 9.17) is 10.8 Å². The van der Waals surface area contributed by atoms with Crippen molar-refractivity contribution >= 4 is 11.9 Å². The number of aliphatic carboxylic acids is 1. The Morgan fingerprint density at radius 1 is 1.38 bits per heavy atom. The van der Waals surface area contributed by atoms with E-state index in [1.165, 1.54) is 0 Å². The van der Waals surface area contributed by atoms with E-state index in [1.54, 1.807) is 12.1 Å². The van der Waals surface area contributed by atoms with E-state index < -0.39 is 24.5 Å².